The van der Waals surface area contributed by atoms with Crippen molar-refractivity contribution in [2.45, 2.75) is 31.0 Å². The topological polar surface area (TPSA) is 84.0 Å². The quantitative estimate of drug-likeness (QED) is 0.443. The molecule has 0 saturated heterocycles. The van der Waals surface area contributed by atoms with Gasteiger partial charge in [0.2, 0.25) is 5.91 Å². The summed E-state index contributed by atoms with van der Waals surface area (Å²) >= 11 is 0. The van der Waals surface area contributed by atoms with E-state index in [1.54, 1.807) is 37.3 Å². The second-order valence-electron chi connectivity index (χ2n) is 8.74. The number of anilines is 2. The molecule has 37 heavy (non-hydrogen) atoms. The summed E-state index contributed by atoms with van der Waals surface area (Å²) in [4.78, 5) is 28.5. The van der Waals surface area contributed by atoms with E-state index in [9.17, 15) is 31.2 Å². The Morgan fingerprint density at radius 1 is 0.946 bits per heavy atom. The SMILES string of the molecule is CC(=O)N1c2ccc(-c3ccc(S(C)(=O)=O)cc3)cc2N(C(=O)Oc2cccc(C(F)(F)F)c2)C[C@@H]1C. The molecule has 2 amide bonds. The molecule has 0 spiro atoms. The van der Waals surface area contributed by atoms with Crippen LogP contribution in [0.25, 0.3) is 11.1 Å². The van der Waals surface area contributed by atoms with Gasteiger partial charge in [-0.3, -0.25) is 9.69 Å². The fraction of sp³-hybridized carbons (Fsp3) is 0.231. The summed E-state index contributed by atoms with van der Waals surface area (Å²) in [6, 6.07) is 14.8. The highest BCUT2D eigenvalue weighted by Crippen LogP contribution is 2.40. The number of carbonyl (C=O) groups is 2. The number of fused-ring (bicyclic) bond motifs is 1. The van der Waals surface area contributed by atoms with Crippen molar-refractivity contribution < 1.29 is 35.9 Å². The molecule has 0 aromatic heterocycles. The third-order valence-electron chi connectivity index (χ3n) is 5.96. The van der Waals surface area contributed by atoms with Crippen LogP contribution in [0.2, 0.25) is 0 Å². The second-order valence-corrected chi connectivity index (χ2v) is 10.8. The lowest BCUT2D eigenvalue weighted by molar-refractivity contribution is -0.137. The van der Waals surface area contributed by atoms with Crippen LogP contribution in [0.3, 0.4) is 0 Å². The molecule has 194 valence electrons. The third kappa shape index (κ3) is 5.46. The Morgan fingerprint density at radius 2 is 1.59 bits per heavy atom. The normalized spacial score (nSPS) is 15.8. The molecule has 0 N–H and O–H groups in total. The average molecular weight is 533 g/mol. The van der Waals surface area contributed by atoms with Crippen molar-refractivity contribution in [3.05, 3.63) is 72.3 Å². The molecule has 0 radical (unpaired) electrons. The van der Waals surface area contributed by atoms with E-state index in [0.29, 0.717) is 22.5 Å². The van der Waals surface area contributed by atoms with E-state index in [-0.39, 0.29) is 23.1 Å². The van der Waals surface area contributed by atoms with Crippen LogP contribution in [-0.2, 0) is 20.8 Å². The Labute approximate surface area is 212 Å². The van der Waals surface area contributed by atoms with Crippen molar-refractivity contribution in [3.63, 3.8) is 0 Å². The summed E-state index contributed by atoms with van der Waals surface area (Å²) in [7, 11) is -3.39. The molecule has 0 bridgehead atoms. The third-order valence-corrected chi connectivity index (χ3v) is 7.08. The molecule has 0 saturated carbocycles. The van der Waals surface area contributed by atoms with Gasteiger partial charge in [-0.25, -0.2) is 13.2 Å². The lowest BCUT2D eigenvalue weighted by Crippen LogP contribution is -2.52. The first-order valence-electron chi connectivity index (χ1n) is 11.2. The predicted molar refractivity (Wildman–Crippen MR) is 132 cm³/mol. The number of hydrogen-bond acceptors (Lipinski definition) is 5. The van der Waals surface area contributed by atoms with Crippen molar-refractivity contribution in [1.29, 1.82) is 0 Å². The Kier molecular flexibility index (Phi) is 6.76. The molecule has 0 fully saturated rings. The molecule has 1 heterocycles. The predicted octanol–water partition coefficient (Wildman–Crippen LogP) is 5.54. The highest BCUT2D eigenvalue weighted by molar-refractivity contribution is 7.90. The van der Waals surface area contributed by atoms with E-state index in [2.05, 4.69) is 0 Å². The smallest absolute Gasteiger partial charge is 0.410 e. The first kappa shape index (κ1) is 26.2. The lowest BCUT2D eigenvalue weighted by atomic mass is 10.0. The van der Waals surface area contributed by atoms with Crippen molar-refractivity contribution in [2.24, 2.45) is 0 Å². The zero-order valence-electron chi connectivity index (χ0n) is 20.1. The molecule has 3 aromatic carbocycles. The van der Waals surface area contributed by atoms with Gasteiger partial charge in [0.25, 0.3) is 0 Å². The average Bonchev–Trinajstić information content (AvgIpc) is 2.82. The molecular weight excluding hydrogens is 509 g/mol. The fourth-order valence-corrected chi connectivity index (χ4v) is 4.87. The highest BCUT2D eigenvalue weighted by Gasteiger charge is 2.35. The number of sulfone groups is 1. The van der Waals surface area contributed by atoms with Crippen LogP contribution in [0, 0.1) is 0 Å². The maximum atomic E-state index is 13.2. The number of hydrogen-bond donors (Lipinski definition) is 0. The van der Waals surface area contributed by atoms with E-state index in [1.165, 1.54) is 34.9 Å². The van der Waals surface area contributed by atoms with Crippen LogP contribution in [0.5, 0.6) is 5.75 Å². The van der Waals surface area contributed by atoms with Crippen LogP contribution in [0.4, 0.5) is 29.3 Å². The minimum Gasteiger partial charge on any atom is -0.410 e. The zero-order chi connectivity index (χ0) is 27.1. The number of carbonyl (C=O) groups excluding carboxylic acids is 2. The van der Waals surface area contributed by atoms with Gasteiger partial charge in [-0.2, -0.15) is 13.2 Å². The number of amides is 2. The minimum absolute atomic E-state index is 0.0425. The summed E-state index contributed by atoms with van der Waals surface area (Å²) in [5.74, 6) is -0.513. The molecule has 1 aliphatic heterocycles. The highest BCUT2D eigenvalue weighted by atomic mass is 32.2. The van der Waals surface area contributed by atoms with E-state index >= 15 is 0 Å². The number of ether oxygens (including phenoxy) is 1. The van der Waals surface area contributed by atoms with Gasteiger partial charge >= 0.3 is 12.3 Å². The van der Waals surface area contributed by atoms with Gasteiger partial charge in [-0.15, -0.1) is 0 Å². The van der Waals surface area contributed by atoms with Gasteiger partial charge < -0.3 is 9.64 Å². The Morgan fingerprint density at radius 3 is 2.19 bits per heavy atom. The number of nitrogens with zero attached hydrogens (tertiary/aromatic N) is 2. The minimum atomic E-state index is -4.60. The molecule has 11 heteroatoms. The summed E-state index contributed by atoms with van der Waals surface area (Å²) in [5, 5.41) is 0. The monoisotopic (exact) mass is 532 g/mol. The summed E-state index contributed by atoms with van der Waals surface area (Å²) in [5.41, 5.74) is 1.11. The Balaban J connectivity index is 1.73. The van der Waals surface area contributed by atoms with E-state index in [0.717, 1.165) is 24.5 Å². The van der Waals surface area contributed by atoms with Crippen molar-refractivity contribution in [2.75, 3.05) is 22.6 Å². The first-order valence-corrected chi connectivity index (χ1v) is 13.1. The van der Waals surface area contributed by atoms with Crippen molar-refractivity contribution in [1.82, 2.24) is 0 Å². The summed E-state index contributed by atoms with van der Waals surface area (Å²) < 4.78 is 68.2. The van der Waals surface area contributed by atoms with Crippen LogP contribution in [0.1, 0.15) is 19.4 Å². The van der Waals surface area contributed by atoms with Gasteiger partial charge in [0.15, 0.2) is 9.84 Å². The van der Waals surface area contributed by atoms with Crippen molar-refractivity contribution in [3.8, 4) is 16.9 Å². The maximum absolute atomic E-state index is 13.2. The standard InChI is InChI=1S/C26H23F3N2O5S/c1-16-15-30(25(33)36-21-6-4-5-20(14-21)26(27,28)29)24-13-19(9-12-23(24)31(16)17(2)32)18-7-10-22(11-8-18)37(3,34)35/h4-14,16H,15H2,1-3H3/t16-/m0/s1. The van der Waals surface area contributed by atoms with Crippen LogP contribution < -0.4 is 14.5 Å². The molecule has 7 nitrogen and oxygen atoms in total. The maximum Gasteiger partial charge on any atom is 0.419 e. The zero-order valence-corrected chi connectivity index (χ0v) is 20.9. The molecule has 3 aromatic rings. The second kappa shape index (κ2) is 9.55. The number of rotatable bonds is 3. The molecule has 1 atom stereocenters. The van der Waals surface area contributed by atoms with Crippen molar-refractivity contribution >= 4 is 33.2 Å². The summed E-state index contributed by atoms with van der Waals surface area (Å²) in [6.45, 7) is 3.18. The Bertz CT molecular complexity index is 1470. The van der Waals surface area contributed by atoms with E-state index in [1.807, 2.05) is 0 Å². The Hall–Kier alpha value is -3.86. The fourth-order valence-electron chi connectivity index (χ4n) is 4.24. The van der Waals surface area contributed by atoms with Gasteiger partial charge in [-0.1, -0.05) is 24.3 Å². The number of benzene rings is 3. The number of halogens is 3. The molecule has 0 aliphatic carbocycles. The van der Waals surface area contributed by atoms with E-state index < -0.39 is 33.7 Å². The first-order chi connectivity index (χ1) is 17.3. The van der Waals surface area contributed by atoms with E-state index in [4.69, 9.17) is 4.74 Å². The van der Waals surface area contributed by atoms with Crippen LogP contribution >= 0.6 is 0 Å². The molecular formula is C26H23F3N2O5S. The van der Waals surface area contributed by atoms with Crippen LogP contribution in [-0.4, -0.2) is 39.3 Å². The van der Waals surface area contributed by atoms with Gasteiger partial charge in [0, 0.05) is 19.7 Å². The largest absolute Gasteiger partial charge is 0.419 e. The molecule has 1 aliphatic rings. The molecule has 0 unspecified atom stereocenters. The van der Waals surface area contributed by atoms with Crippen LogP contribution in [0.15, 0.2) is 71.6 Å². The van der Waals surface area contributed by atoms with Gasteiger partial charge in [0.05, 0.1) is 27.9 Å². The molecule has 4 rings (SSSR count). The van der Waals surface area contributed by atoms with Gasteiger partial charge in [0.1, 0.15) is 5.75 Å². The summed E-state index contributed by atoms with van der Waals surface area (Å²) in [6.07, 6.45) is -4.40. The number of alkyl halides is 3. The lowest BCUT2D eigenvalue weighted by Gasteiger charge is -2.40. The van der Waals surface area contributed by atoms with Gasteiger partial charge in [-0.05, 0) is 60.5 Å².